The number of aliphatic hydroxyl groups excluding tert-OH is 1. The number of rotatable bonds is 7. The van der Waals surface area contributed by atoms with E-state index >= 15 is 0 Å². The molecular weight excluding hydrogens is 411 g/mol. The molecule has 1 unspecified atom stereocenters. The summed E-state index contributed by atoms with van der Waals surface area (Å²) in [6.07, 6.45) is -4.55. The van der Waals surface area contributed by atoms with E-state index in [1.807, 2.05) is 0 Å². The molecule has 0 radical (unpaired) electrons. The summed E-state index contributed by atoms with van der Waals surface area (Å²) in [6.45, 7) is 1.20. The van der Waals surface area contributed by atoms with Crippen LogP contribution in [0.1, 0.15) is 21.5 Å². The lowest BCUT2D eigenvalue weighted by molar-refractivity contribution is -0.137. The van der Waals surface area contributed by atoms with Gasteiger partial charge in [0.2, 0.25) is 0 Å². The number of ether oxygens (including phenoxy) is 1. The smallest absolute Gasteiger partial charge is 0.416 e. The van der Waals surface area contributed by atoms with Crippen molar-refractivity contribution in [3.05, 3.63) is 59.2 Å². The third-order valence-corrected chi connectivity index (χ3v) is 5.11. The Hall–Kier alpha value is -2.59. The summed E-state index contributed by atoms with van der Waals surface area (Å²) in [5.74, 6) is -0.429. The summed E-state index contributed by atoms with van der Waals surface area (Å²) < 4.78 is 66.0. The van der Waals surface area contributed by atoms with E-state index in [1.165, 1.54) is 18.2 Å². The molecule has 0 heterocycles. The van der Waals surface area contributed by atoms with E-state index in [9.17, 15) is 31.5 Å². The molecule has 1 atom stereocenters. The van der Waals surface area contributed by atoms with Crippen LogP contribution in [0.15, 0.2) is 47.4 Å². The Morgan fingerprint density at radius 1 is 1.17 bits per heavy atom. The number of carbonyl (C=O) groups excluding carboxylic acids is 1. The first-order valence-corrected chi connectivity index (χ1v) is 10.3. The van der Waals surface area contributed by atoms with Gasteiger partial charge >= 0.3 is 6.18 Å². The van der Waals surface area contributed by atoms with Crippen LogP contribution in [0.2, 0.25) is 0 Å². The summed E-state index contributed by atoms with van der Waals surface area (Å²) in [5, 5.41) is 12.4. The van der Waals surface area contributed by atoms with Crippen molar-refractivity contribution in [2.75, 3.05) is 19.4 Å². The Morgan fingerprint density at radius 2 is 1.79 bits per heavy atom. The zero-order valence-electron chi connectivity index (χ0n) is 15.7. The molecule has 0 saturated carbocycles. The van der Waals surface area contributed by atoms with Crippen molar-refractivity contribution < 1.29 is 36.2 Å². The van der Waals surface area contributed by atoms with Gasteiger partial charge in [-0.05, 0) is 48.9 Å². The van der Waals surface area contributed by atoms with E-state index in [4.69, 9.17) is 4.74 Å². The number of alkyl halides is 3. The Kier molecular flexibility index (Phi) is 6.91. The second kappa shape index (κ2) is 8.83. The molecule has 0 bridgehead atoms. The Bertz CT molecular complexity index is 972. The molecule has 2 N–H and O–H groups in total. The normalized spacial score (nSPS) is 13.0. The lowest BCUT2D eigenvalue weighted by Gasteiger charge is -2.15. The maximum Gasteiger partial charge on any atom is 0.416 e. The molecule has 0 saturated heterocycles. The van der Waals surface area contributed by atoms with Crippen LogP contribution >= 0.6 is 0 Å². The monoisotopic (exact) mass is 431 g/mol. The van der Waals surface area contributed by atoms with Gasteiger partial charge < -0.3 is 15.2 Å². The average Bonchev–Trinajstić information content (AvgIpc) is 2.63. The maximum atomic E-state index is 12.5. The fourth-order valence-electron chi connectivity index (χ4n) is 2.37. The standard InChI is InChI=1S/C19H20F3NO5S/c1-12-3-8-16(29(2,26)27)9-17(12)18(25)23-10-14(24)11-28-15-6-4-13(5-7-15)19(20,21)22/h3-9,14,24H,10-11H2,1-2H3,(H,23,25). The SMILES string of the molecule is Cc1ccc(S(C)(=O)=O)cc1C(=O)NCC(O)COc1ccc(C(F)(F)F)cc1. The number of hydrogen-bond donors (Lipinski definition) is 2. The number of nitrogens with one attached hydrogen (secondary N) is 1. The van der Waals surface area contributed by atoms with Gasteiger partial charge in [0.15, 0.2) is 9.84 Å². The first-order chi connectivity index (χ1) is 13.4. The molecule has 0 spiro atoms. The van der Waals surface area contributed by atoms with E-state index in [1.54, 1.807) is 6.92 Å². The third kappa shape index (κ3) is 6.47. The van der Waals surface area contributed by atoms with Gasteiger partial charge in [-0.1, -0.05) is 6.07 Å². The van der Waals surface area contributed by atoms with Crippen LogP contribution in [-0.2, 0) is 16.0 Å². The highest BCUT2D eigenvalue weighted by Crippen LogP contribution is 2.30. The van der Waals surface area contributed by atoms with E-state index < -0.39 is 33.6 Å². The largest absolute Gasteiger partial charge is 0.491 e. The highest BCUT2D eigenvalue weighted by molar-refractivity contribution is 7.90. The number of halogens is 3. The molecular formula is C19H20F3NO5S. The van der Waals surface area contributed by atoms with Gasteiger partial charge in [-0.25, -0.2) is 8.42 Å². The minimum atomic E-state index is -4.45. The number of amides is 1. The van der Waals surface area contributed by atoms with Crippen LogP contribution < -0.4 is 10.1 Å². The van der Waals surface area contributed by atoms with Crippen LogP contribution in [0, 0.1) is 6.92 Å². The molecule has 2 aromatic carbocycles. The summed E-state index contributed by atoms with van der Waals surface area (Å²) in [6, 6.07) is 8.15. The zero-order chi connectivity index (χ0) is 21.8. The molecule has 29 heavy (non-hydrogen) atoms. The molecule has 2 rings (SSSR count). The Morgan fingerprint density at radius 3 is 2.34 bits per heavy atom. The second-order valence-electron chi connectivity index (χ2n) is 6.45. The lowest BCUT2D eigenvalue weighted by Crippen LogP contribution is -2.35. The Balaban J connectivity index is 1.91. The van der Waals surface area contributed by atoms with E-state index in [-0.39, 0.29) is 29.4 Å². The number of aliphatic hydroxyl groups is 1. The van der Waals surface area contributed by atoms with Gasteiger partial charge in [0.1, 0.15) is 18.5 Å². The van der Waals surface area contributed by atoms with E-state index in [2.05, 4.69) is 5.32 Å². The summed E-state index contributed by atoms with van der Waals surface area (Å²) >= 11 is 0. The van der Waals surface area contributed by atoms with Gasteiger partial charge in [-0.3, -0.25) is 4.79 Å². The summed E-state index contributed by atoms with van der Waals surface area (Å²) in [4.78, 5) is 12.3. The summed E-state index contributed by atoms with van der Waals surface area (Å²) in [5.41, 5.74) is -0.0986. The molecule has 2 aromatic rings. The molecule has 1 amide bonds. The summed E-state index contributed by atoms with van der Waals surface area (Å²) in [7, 11) is -3.48. The van der Waals surface area contributed by atoms with Crippen LogP contribution in [0.25, 0.3) is 0 Å². The van der Waals surface area contributed by atoms with Gasteiger partial charge in [-0.15, -0.1) is 0 Å². The molecule has 0 aliphatic rings. The number of sulfone groups is 1. The molecule has 158 valence electrons. The van der Waals surface area contributed by atoms with E-state index in [0.29, 0.717) is 5.56 Å². The van der Waals surface area contributed by atoms with Gasteiger partial charge in [0.25, 0.3) is 5.91 Å². The molecule has 0 fully saturated rings. The Labute approximate surface area is 166 Å². The maximum absolute atomic E-state index is 12.5. The molecule has 0 aliphatic carbocycles. The molecule has 0 aromatic heterocycles. The highest BCUT2D eigenvalue weighted by atomic mass is 32.2. The topological polar surface area (TPSA) is 92.7 Å². The second-order valence-corrected chi connectivity index (χ2v) is 8.46. The van der Waals surface area contributed by atoms with Crippen molar-refractivity contribution in [3.8, 4) is 5.75 Å². The fourth-order valence-corrected chi connectivity index (χ4v) is 3.02. The average molecular weight is 431 g/mol. The highest BCUT2D eigenvalue weighted by Gasteiger charge is 2.30. The van der Waals surface area contributed by atoms with Crippen LogP contribution in [0.3, 0.4) is 0 Å². The molecule has 6 nitrogen and oxygen atoms in total. The lowest BCUT2D eigenvalue weighted by atomic mass is 10.1. The van der Waals surface area contributed by atoms with Crippen molar-refractivity contribution >= 4 is 15.7 Å². The number of hydrogen-bond acceptors (Lipinski definition) is 5. The van der Waals surface area contributed by atoms with Crippen molar-refractivity contribution in [1.29, 1.82) is 0 Å². The van der Waals surface area contributed by atoms with Gasteiger partial charge in [-0.2, -0.15) is 13.2 Å². The zero-order valence-corrected chi connectivity index (χ0v) is 16.5. The quantitative estimate of drug-likeness (QED) is 0.703. The minimum absolute atomic E-state index is 0.000523. The fraction of sp³-hybridized carbons (Fsp3) is 0.316. The van der Waals surface area contributed by atoms with Gasteiger partial charge in [0.05, 0.1) is 10.5 Å². The van der Waals surface area contributed by atoms with Crippen molar-refractivity contribution in [2.45, 2.75) is 24.1 Å². The minimum Gasteiger partial charge on any atom is -0.491 e. The van der Waals surface area contributed by atoms with Crippen molar-refractivity contribution in [1.82, 2.24) is 5.32 Å². The predicted molar refractivity (Wildman–Crippen MR) is 99.6 cm³/mol. The van der Waals surface area contributed by atoms with Crippen LogP contribution in [0.4, 0.5) is 13.2 Å². The number of carbonyl (C=O) groups is 1. The van der Waals surface area contributed by atoms with Crippen molar-refractivity contribution in [2.24, 2.45) is 0 Å². The van der Waals surface area contributed by atoms with Gasteiger partial charge in [0, 0.05) is 18.4 Å². The first-order valence-electron chi connectivity index (χ1n) is 8.45. The molecule has 0 aliphatic heterocycles. The van der Waals surface area contributed by atoms with Crippen LogP contribution in [0.5, 0.6) is 5.75 Å². The first kappa shape index (κ1) is 22.7. The van der Waals surface area contributed by atoms with E-state index in [0.717, 1.165) is 30.5 Å². The van der Waals surface area contributed by atoms with Crippen molar-refractivity contribution in [3.63, 3.8) is 0 Å². The third-order valence-electron chi connectivity index (χ3n) is 4.00. The number of aryl methyl sites for hydroxylation is 1. The molecule has 10 heteroatoms. The predicted octanol–water partition coefficient (Wildman–Crippen LogP) is 2.59. The van der Waals surface area contributed by atoms with Crippen LogP contribution in [-0.4, -0.2) is 44.9 Å². The number of benzene rings is 2.